The fourth-order valence-electron chi connectivity index (χ4n) is 3.03. The van der Waals surface area contributed by atoms with Gasteiger partial charge in [0.15, 0.2) is 5.76 Å². The summed E-state index contributed by atoms with van der Waals surface area (Å²) in [5.74, 6) is 0.735. The Morgan fingerprint density at radius 2 is 1.65 bits per heavy atom. The molecular formula is C23H19NO2. The molecule has 4 aromatic rings. The molecule has 128 valence electrons. The molecule has 1 amide bonds. The quantitative estimate of drug-likeness (QED) is 0.499. The van der Waals surface area contributed by atoms with Crippen molar-refractivity contribution in [3.8, 4) is 11.3 Å². The third kappa shape index (κ3) is 3.00. The van der Waals surface area contributed by atoms with Crippen molar-refractivity contribution in [2.75, 3.05) is 5.32 Å². The molecule has 0 aliphatic carbocycles. The van der Waals surface area contributed by atoms with E-state index < -0.39 is 0 Å². The van der Waals surface area contributed by atoms with Gasteiger partial charge < -0.3 is 9.73 Å². The molecule has 4 rings (SSSR count). The summed E-state index contributed by atoms with van der Waals surface area (Å²) in [7, 11) is 0. The van der Waals surface area contributed by atoms with Gasteiger partial charge in [-0.25, -0.2) is 0 Å². The molecule has 0 aliphatic heterocycles. The standard InChI is InChI=1S/C23H19NO2/c1-15-10-11-18(14-16(15)2)21-12-13-22(26-21)23(25)24-20-9-5-7-17-6-3-4-8-19(17)20/h3-14H,1-2H3,(H,24,25). The molecule has 3 aromatic carbocycles. The molecule has 1 N–H and O–H groups in total. The van der Waals surface area contributed by atoms with Gasteiger partial charge in [-0.1, -0.05) is 48.5 Å². The predicted molar refractivity (Wildman–Crippen MR) is 106 cm³/mol. The summed E-state index contributed by atoms with van der Waals surface area (Å²) in [6.07, 6.45) is 0. The molecule has 0 aliphatic rings. The van der Waals surface area contributed by atoms with Crippen molar-refractivity contribution in [2.45, 2.75) is 13.8 Å². The number of carbonyl (C=O) groups is 1. The third-order valence-electron chi connectivity index (χ3n) is 4.66. The molecule has 0 fully saturated rings. The first-order valence-electron chi connectivity index (χ1n) is 8.58. The lowest BCUT2D eigenvalue weighted by Gasteiger charge is -2.07. The highest BCUT2D eigenvalue weighted by atomic mass is 16.3. The van der Waals surface area contributed by atoms with Crippen LogP contribution < -0.4 is 5.32 Å². The Kier molecular flexibility index (Phi) is 4.05. The fourth-order valence-corrected chi connectivity index (χ4v) is 3.03. The Morgan fingerprint density at radius 1 is 0.846 bits per heavy atom. The van der Waals surface area contributed by atoms with Crippen molar-refractivity contribution in [3.05, 3.63) is 89.7 Å². The maximum absolute atomic E-state index is 12.6. The van der Waals surface area contributed by atoms with E-state index in [1.54, 1.807) is 6.07 Å². The van der Waals surface area contributed by atoms with Gasteiger partial charge in [-0.15, -0.1) is 0 Å². The summed E-state index contributed by atoms with van der Waals surface area (Å²) in [4.78, 5) is 12.6. The number of anilines is 1. The number of fused-ring (bicyclic) bond motifs is 1. The van der Waals surface area contributed by atoms with Crippen LogP contribution in [0.25, 0.3) is 22.1 Å². The normalized spacial score (nSPS) is 10.8. The summed E-state index contributed by atoms with van der Waals surface area (Å²) < 4.78 is 5.80. The van der Waals surface area contributed by atoms with Gasteiger partial charge in [-0.2, -0.15) is 0 Å². The molecule has 0 unspecified atom stereocenters. The molecule has 3 heteroatoms. The largest absolute Gasteiger partial charge is 0.451 e. The molecule has 0 spiro atoms. The van der Waals surface area contributed by atoms with Crippen molar-refractivity contribution in [2.24, 2.45) is 0 Å². The molecule has 0 radical (unpaired) electrons. The predicted octanol–water partition coefficient (Wildman–Crippen LogP) is 5.97. The molecule has 0 atom stereocenters. The van der Waals surface area contributed by atoms with Crippen molar-refractivity contribution in [3.63, 3.8) is 0 Å². The molecule has 3 nitrogen and oxygen atoms in total. The van der Waals surface area contributed by atoms with Crippen molar-refractivity contribution >= 4 is 22.4 Å². The van der Waals surface area contributed by atoms with Crippen molar-refractivity contribution in [1.29, 1.82) is 0 Å². The van der Waals surface area contributed by atoms with Crippen LogP contribution in [0.4, 0.5) is 5.69 Å². The SMILES string of the molecule is Cc1ccc(-c2ccc(C(=O)Nc3cccc4ccccc34)o2)cc1C. The number of nitrogens with one attached hydrogen (secondary N) is 1. The Morgan fingerprint density at radius 3 is 2.50 bits per heavy atom. The number of aryl methyl sites for hydroxylation is 2. The number of hydrogen-bond acceptors (Lipinski definition) is 2. The van der Waals surface area contributed by atoms with Gasteiger partial charge in [0.25, 0.3) is 5.91 Å². The van der Waals surface area contributed by atoms with Gasteiger partial charge in [0.05, 0.1) is 0 Å². The van der Waals surface area contributed by atoms with Gasteiger partial charge >= 0.3 is 0 Å². The Labute approximate surface area is 152 Å². The Bertz CT molecular complexity index is 1100. The highest BCUT2D eigenvalue weighted by molar-refractivity contribution is 6.08. The average molecular weight is 341 g/mol. The van der Waals surface area contributed by atoms with Gasteiger partial charge in [0.2, 0.25) is 0 Å². The van der Waals surface area contributed by atoms with E-state index in [0.29, 0.717) is 11.5 Å². The zero-order chi connectivity index (χ0) is 18.1. The molecule has 1 aromatic heterocycles. The first-order chi connectivity index (χ1) is 12.6. The summed E-state index contributed by atoms with van der Waals surface area (Å²) in [6, 6.07) is 23.5. The minimum Gasteiger partial charge on any atom is -0.451 e. The van der Waals surface area contributed by atoms with E-state index in [1.807, 2.05) is 54.6 Å². The van der Waals surface area contributed by atoms with Crippen LogP contribution in [0.2, 0.25) is 0 Å². The van der Waals surface area contributed by atoms with Crippen LogP contribution in [0.15, 0.2) is 77.2 Å². The second-order valence-corrected chi connectivity index (χ2v) is 6.44. The molecule has 0 bridgehead atoms. The number of amides is 1. The van der Waals surface area contributed by atoms with E-state index in [9.17, 15) is 4.79 Å². The molecule has 1 heterocycles. The lowest BCUT2D eigenvalue weighted by molar-refractivity contribution is 0.0997. The van der Waals surface area contributed by atoms with Crippen LogP contribution in [0.3, 0.4) is 0 Å². The van der Waals surface area contributed by atoms with Gasteiger partial charge in [-0.05, 0) is 54.6 Å². The smallest absolute Gasteiger partial charge is 0.291 e. The van der Waals surface area contributed by atoms with Crippen LogP contribution in [0.1, 0.15) is 21.7 Å². The lowest BCUT2D eigenvalue weighted by Crippen LogP contribution is -2.11. The zero-order valence-electron chi connectivity index (χ0n) is 14.7. The number of furan rings is 1. The monoisotopic (exact) mass is 341 g/mol. The Hall–Kier alpha value is -3.33. The minimum atomic E-state index is -0.253. The highest BCUT2D eigenvalue weighted by Gasteiger charge is 2.14. The van der Waals surface area contributed by atoms with E-state index in [-0.39, 0.29) is 5.91 Å². The summed E-state index contributed by atoms with van der Waals surface area (Å²) in [5.41, 5.74) is 4.17. The van der Waals surface area contributed by atoms with Gasteiger partial charge in [0.1, 0.15) is 5.76 Å². The van der Waals surface area contributed by atoms with E-state index in [2.05, 4.69) is 31.3 Å². The third-order valence-corrected chi connectivity index (χ3v) is 4.66. The van der Waals surface area contributed by atoms with Crippen LogP contribution >= 0.6 is 0 Å². The van der Waals surface area contributed by atoms with Gasteiger partial charge in [-0.3, -0.25) is 4.79 Å². The number of rotatable bonds is 3. The fraction of sp³-hybridized carbons (Fsp3) is 0.0870. The summed E-state index contributed by atoms with van der Waals surface area (Å²) >= 11 is 0. The molecule has 0 saturated heterocycles. The average Bonchev–Trinajstić information content (AvgIpc) is 3.15. The number of carbonyl (C=O) groups excluding carboxylic acids is 1. The Balaban J connectivity index is 1.61. The van der Waals surface area contributed by atoms with Crippen LogP contribution in [0, 0.1) is 13.8 Å². The highest BCUT2D eigenvalue weighted by Crippen LogP contribution is 2.26. The first kappa shape index (κ1) is 16.2. The van der Waals surface area contributed by atoms with E-state index >= 15 is 0 Å². The number of hydrogen-bond donors (Lipinski definition) is 1. The second kappa shape index (κ2) is 6.52. The number of benzene rings is 3. The first-order valence-corrected chi connectivity index (χ1v) is 8.58. The molecule has 26 heavy (non-hydrogen) atoms. The maximum atomic E-state index is 12.6. The van der Waals surface area contributed by atoms with Crippen LogP contribution in [-0.2, 0) is 0 Å². The summed E-state index contributed by atoms with van der Waals surface area (Å²) in [5, 5.41) is 5.04. The summed E-state index contributed by atoms with van der Waals surface area (Å²) in [6.45, 7) is 4.14. The van der Waals surface area contributed by atoms with E-state index in [0.717, 1.165) is 22.0 Å². The van der Waals surface area contributed by atoms with E-state index in [4.69, 9.17) is 4.42 Å². The zero-order valence-corrected chi connectivity index (χ0v) is 14.7. The second-order valence-electron chi connectivity index (χ2n) is 6.44. The van der Waals surface area contributed by atoms with Crippen molar-refractivity contribution in [1.82, 2.24) is 0 Å². The van der Waals surface area contributed by atoms with Crippen molar-refractivity contribution < 1.29 is 9.21 Å². The lowest BCUT2D eigenvalue weighted by atomic mass is 10.1. The maximum Gasteiger partial charge on any atom is 0.291 e. The molecular weight excluding hydrogens is 322 g/mol. The topological polar surface area (TPSA) is 42.2 Å². The van der Waals surface area contributed by atoms with Crippen LogP contribution in [-0.4, -0.2) is 5.91 Å². The molecule has 0 saturated carbocycles. The van der Waals surface area contributed by atoms with Crippen LogP contribution in [0.5, 0.6) is 0 Å². The van der Waals surface area contributed by atoms with E-state index in [1.165, 1.54) is 11.1 Å². The van der Waals surface area contributed by atoms with Gasteiger partial charge in [0, 0.05) is 16.6 Å². The minimum absolute atomic E-state index is 0.253.